The molecule has 2 aromatic rings. The molecule has 15 nitrogen and oxygen atoms in total. The molecule has 17 heteroatoms. The fourth-order valence-corrected chi connectivity index (χ4v) is 9.25. The van der Waals surface area contributed by atoms with Gasteiger partial charge < -0.3 is 47.9 Å². The number of aliphatic hydroxyl groups is 1. The third-order valence-corrected chi connectivity index (χ3v) is 12.9. The van der Waals surface area contributed by atoms with Gasteiger partial charge in [-0.3, -0.25) is 4.57 Å². The van der Waals surface area contributed by atoms with Crippen molar-refractivity contribution in [2.75, 3.05) is 66.2 Å². The standard InChI is InChI=1S/C39H61N2O13PS/c1-6-8-19-52-55(44,53-20-9-7-2)28-48-22-23-49-32-12-10-30(11-13-32)24-35(40-39(43)54-37-27-51-38-34(37)18-21-50-38)36(42)26-41(25-29(3)4)56(45,46)33-16-14-31(47-5)15-17-33/h10-17,29,34-38,42H,6-9,18-28H2,1-5H3,(H,40,43)/t34-,35-,36+,37-,38+/m0/s1. The Kier molecular flexibility index (Phi) is 18.8. The van der Waals surface area contributed by atoms with Crippen LogP contribution in [0.15, 0.2) is 53.4 Å². The van der Waals surface area contributed by atoms with E-state index in [1.54, 1.807) is 36.4 Å². The SMILES string of the molecule is CCCCOP(=O)(COCCOc1ccc(C[C@H](NC(=O)O[C@H]2CO[C@H]3OCC[C@H]32)[C@H](O)CN(CC(C)C)S(=O)(=O)c2ccc(OC)cc2)cc1)OCCCC. The number of nitrogens with one attached hydrogen (secondary N) is 1. The lowest BCUT2D eigenvalue weighted by Gasteiger charge is -2.31. The third kappa shape index (κ3) is 14.2. The number of hydrogen-bond donors (Lipinski definition) is 2. The van der Waals surface area contributed by atoms with Crippen molar-refractivity contribution in [3.8, 4) is 11.5 Å². The number of sulfonamides is 1. The number of nitrogens with zero attached hydrogens (tertiary/aromatic N) is 1. The molecular weight excluding hydrogens is 767 g/mol. The Balaban J connectivity index is 1.40. The van der Waals surface area contributed by atoms with Gasteiger partial charge in [-0.1, -0.05) is 52.7 Å². The van der Waals surface area contributed by atoms with E-state index in [1.165, 1.54) is 23.5 Å². The highest BCUT2D eigenvalue weighted by Crippen LogP contribution is 2.48. The summed E-state index contributed by atoms with van der Waals surface area (Å²) in [4.78, 5) is 13.4. The largest absolute Gasteiger partial charge is 0.497 e. The van der Waals surface area contributed by atoms with E-state index in [2.05, 4.69) is 5.32 Å². The number of fused-ring (bicyclic) bond motifs is 1. The molecule has 0 bridgehead atoms. The zero-order valence-corrected chi connectivity index (χ0v) is 35.0. The van der Waals surface area contributed by atoms with Gasteiger partial charge in [-0.15, -0.1) is 0 Å². The maximum atomic E-state index is 13.8. The second-order valence-electron chi connectivity index (χ2n) is 14.4. The molecule has 2 heterocycles. The van der Waals surface area contributed by atoms with E-state index in [-0.39, 0.29) is 62.4 Å². The van der Waals surface area contributed by atoms with Crippen molar-refractivity contribution in [3.05, 3.63) is 54.1 Å². The first-order valence-corrected chi connectivity index (χ1v) is 22.7. The maximum absolute atomic E-state index is 13.8. The van der Waals surface area contributed by atoms with Gasteiger partial charge in [-0.2, -0.15) is 4.31 Å². The van der Waals surface area contributed by atoms with Gasteiger partial charge >= 0.3 is 13.7 Å². The van der Waals surface area contributed by atoms with Gasteiger partial charge in [0, 0.05) is 13.1 Å². The summed E-state index contributed by atoms with van der Waals surface area (Å²) in [6, 6.07) is 12.2. The minimum atomic E-state index is -4.03. The summed E-state index contributed by atoms with van der Waals surface area (Å²) >= 11 is 0. The highest BCUT2D eigenvalue weighted by atomic mass is 32.2. The quantitative estimate of drug-likeness (QED) is 0.0837. The van der Waals surface area contributed by atoms with Crippen LogP contribution in [0.2, 0.25) is 0 Å². The molecule has 0 radical (unpaired) electrons. The molecule has 316 valence electrons. The molecular formula is C39H61N2O13PS. The van der Waals surface area contributed by atoms with Crippen molar-refractivity contribution in [2.24, 2.45) is 11.8 Å². The monoisotopic (exact) mass is 828 g/mol. The molecule has 2 N–H and O–H groups in total. The average molecular weight is 829 g/mol. The van der Waals surface area contributed by atoms with E-state index in [9.17, 15) is 22.9 Å². The molecule has 56 heavy (non-hydrogen) atoms. The molecule has 2 aliphatic rings. The fourth-order valence-electron chi connectivity index (χ4n) is 6.24. The summed E-state index contributed by atoms with van der Waals surface area (Å²) in [6.07, 6.45) is 1.06. The molecule has 1 amide bonds. The number of carbonyl (C=O) groups excluding carboxylic acids is 1. The minimum absolute atomic E-state index is 0.0558. The number of aliphatic hydroxyl groups excluding tert-OH is 1. The Morgan fingerprint density at radius 1 is 0.946 bits per heavy atom. The van der Waals surface area contributed by atoms with Gasteiger partial charge in [0.15, 0.2) is 6.29 Å². The van der Waals surface area contributed by atoms with Crippen LogP contribution in [0.3, 0.4) is 0 Å². The van der Waals surface area contributed by atoms with Crippen molar-refractivity contribution >= 4 is 23.7 Å². The molecule has 0 aliphatic carbocycles. The van der Waals surface area contributed by atoms with Crippen LogP contribution in [0.1, 0.15) is 65.4 Å². The lowest BCUT2D eigenvalue weighted by Crippen LogP contribution is -2.51. The third-order valence-electron chi connectivity index (χ3n) is 9.36. The van der Waals surface area contributed by atoms with Gasteiger partial charge in [0.25, 0.3) is 0 Å². The zero-order valence-electron chi connectivity index (χ0n) is 33.3. The average Bonchev–Trinajstić information content (AvgIpc) is 3.80. The molecule has 2 fully saturated rings. The number of ether oxygens (including phenoxy) is 6. The van der Waals surface area contributed by atoms with Crippen LogP contribution < -0.4 is 14.8 Å². The summed E-state index contributed by atoms with van der Waals surface area (Å²) in [5.41, 5.74) is 0.745. The van der Waals surface area contributed by atoms with Crippen molar-refractivity contribution in [1.82, 2.24) is 9.62 Å². The Morgan fingerprint density at radius 3 is 2.23 bits per heavy atom. The van der Waals surface area contributed by atoms with Gasteiger partial charge in [0.1, 0.15) is 30.6 Å². The predicted molar refractivity (Wildman–Crippen MR) is 209 cm³/mol. The summed E-state index contributed by atoms with van der Waals surface area (Å²) < 4.78 is 86.8. The number of carbonyl (C=O) groups is 1. The Bertz CT molecular complexity index is 1600. The highest BCUT2D eigenvalue weighted by molar-refractivity contribution is 7.89. The second kappa shape index (κ2) is 23.0. The number of benzene rings is 2. The predicted octanol–water partition coefficient (Wildman–Crippen LogP) is 5.98. The first-order chi connectivity index (χ1) is 26.9. The van der Waals surface area contributed by atoms with Crippen molar-refractivity contribution < 1.29 is 60.4 Å². The molecule has 2 aliphatic heterocycles. The Morgan fingerprint density at radius 2 is 1.61 bits per heavy atom. The molecule has 4 rings (SSSR count). The Hall–Kier alpha value is -2.79. The van der Waals surface area contributed by atoms with Crippen LogP contribution in [0.25, 0.3) is 0 Å². The second-order valence-corrected chi connectivity index (χ2v) is 18.3. The van der Waals surface area contributed by atoms with E-state index >= 15 is 0 Å². The highest BCUT2D eigenvalue weighted by Gasteiger charge is 2.44. The molecule has 2 aromatic carbocycles. The zero-order chi connectivity index (χ0) is 40.6. The van der Waals surface area contributed by atoms with E-state index in [0.717, 1.165) is 31.2 Å². The van der Waals surface area contributed by atoms with Gasteiger partial charge in [0.05, 0.1) is 63.1 Å². The van der Waals surface area contributed by atoms with E-state index < -0.39 is 48.3 Å². The molecule has 0 spiro atoms. The summed E-state index contributed by atoms with van der Waals surface area (Å²) in [5.74, 6) is 0.919. The molecule has 0 unspecified atom stereocenters. The summed E-state index contributed by atoms with van der Waals surface area (Å²) in [7, 11) is -5.91. The maximum Gasteiger partial charge on any atom is 0.407 e. The lowest BCUT2D eigenvalue weighted by atomic mass is 10.0. The topological polar surface area (TPSA) is 178 Å². The summed E-state index contributed by atoms with van der Waals surface area (Å²) in [6.45, 7) is 9.41. The van der Waals surface area contributed by atoms with Crippen molar-refractivity contribution in [2.45, 2.75) is 95.7 Å². The van der Waals surface area contributed by atoms with Crippen LogP contribution in [-0.4, -0.2) is 115 Å². The number of methoxy groups -OCH3 is 1. The van der Waals surface area contributed by atoms with Crippen LogP contribution in [0, 0.1) is 11.8 Å². The smallest absolute Gasteiger partial charge is 0.407 e. The van der Waals surface area contributed by atoms with E-state index in [1.807, 2.05) is 27.7 Å². The van der Waals surface area contributed by atoms with Crippen LogP contribution in [0.5, 0.6) is 11.5 Å². The van der Waals surface area contributed by atoms with Crippen molar-refractivity contribution in [3.63, 3.8) is 0 Å². The number of amides is 1. The molecule has 0 saturated carbocycles. The van der Waals surface area contributed by atoms with Gasteiger partial charge in [0.2, 0.25) is 10.0 Å². The molecule has 2 saturated heterocycles. The molecule has 0 aromatic heterocycles. The van der Waals surface area contributed by atoms with Gasteiger partial charge in [-0.05, 0) is 73.6 Å². The number of unbranched alkanes of at least 4 members (excludes halogenated alkanes) is 2. The van der Waals surface area contributed by atoms with Crippen LogP contribution >= 0.6 is 7.60 Å². The van der Waals surface area contributed by atoms with E-state index in [0.29, 0.717) is 37.7 Å². The van der Waals surface area contributed by atoms with Crippen LogP contribution in [-0.2, 0) is 49.0 Å². The number of rotatable bonds is 26. The van der Waals surface area contributed by atoms with Gasteiger partial charge in [-0.25, -0.2) is 13.2 Å². The molecule has 5 atom stereocenters. The van der Waals surface area contributed by atoms with Crippen LogP contribution in [0.4, 0.5) is 4.79 Å². The fraction of sp³-hybridized carbons (Fsp3) is 0.667. The number of alkyl carbamates (subject to hydrolysis) is 1. The number of hydrogen-bond acceptors (Lipinski definition) is 13. The Labute approximate surface area is 332 Å². The summed E-state index contributed by atoms with van der Waals surface area (Å²) in [5, 5.41) is 14.5. The van der Waals surface area contributed by atoms with E-state index in [4.69, 9.17) is 37.5 Å². The lowest BCUT2D eigenvalue weighted by molar-refractivity contribution is -0.0907. The minimum Gasteiger partial charge on any atom is -0.497 e. The first kappa shape index (κ1) is 45.9. The normalized spacial score (nSPS) is 19.5. The first-order valence-electron chi connectivity index (χ1n) is 19.6. The van der Waals surface area contributed by atoms with Crippen molar-refractivity contribution in [1.29, 1.82) is 0 Å².